The van der Waals surface area contributed by atoms with Crippen LogP contribution < -0.4 is 10.6 Å². The van der Waals surface area contributed by atoms with Gasteiger partial charge in [0.2, 0.25) is 5.91 Å². The lowest BCUT2D eigenvalue weighted by Crippen LogP contribution is -2.36. The normalized spacial score (nSPS) is 21.6. The van der Waals surface area contributed by atoms with E-state index >= 15 is 0 Å². The fourth-order valence-corrected chi connectivity index (χ4v) is 3.18. The second-order valence-corrected chi connectivity index (χ2v) is 6.57. The van der Waals surface area contributed by atoms with Crippen molar-refractivity contribution in [2.24, 2.45) is 11.8 Å². The molecule has 1 saturated heterocycles. The van der Waals surface area contributed by atoms with Crippen LogP contribution in [0.5, 0.6) is 0 Å². The third kappa shape index (κ3) is 5.01. The van der Waals surface area contributed by atoms with E-state index < -0.39 is 0 Å². The molecule has 0 saturated carbocycles. The van der Waals surface area contributed by atoms with Crippen LogP contribution in [0.3, 0.4) is 0 Å². The molecule has 1 fully saturated rings. The van der Waals surface area contributed by atoms with Crippen LogP contribution in [0.15, 0.2) is 24.3 Å². The molecule has 1 aromatic rings. The highest BCUT2D eigenvalue weighted by atomic mass is 35.5. The van der Waals surface area contributed by atoms with Crippen LogP contribution in [-0.4, -0.2) is 19.0 Å². The summed E-state index contributed by atoms with van der Waals surface area (Å²) in [7, 11) is 0. The van der Waals surface area contributed by atoms with Crippen LogP contribution in [0.1, 0.15) is 44.7 Å². The Morgan fingerprint density at radius 1 is 1.48 bits per heavy atom. The lowest BCUT2D eigenvalue weighted by Gasteiger charge is -2.28. The fourth-order valence-electron chi connectivity index (χ4n) is 2.98. The van der Waals surface area contributed by atoms with Gasteiger partial charge in [-0.15, -0.1) is 0 Å². The van der Waals surface area contributed by atoms with E-state index in [1.165, 1.54) is 12.8 Å². The van der Waals surface area contributed by atoms with Crippen LogP contribution in [-0.2, 0) is 4.79 Å². The Bertz CT molecular complexity index is 472. The molecule has 4 heteroatoms. The maximum atomic E-state index is 12.2. The molecule has 0 radical (unpaired) electrons. The Morgan fingerprint density at radius 2 is 2.29 bits per heavy atom. The van der Waals surface area contributed by atoms with Gasteiger partial charge in [-0.05, 0) is 62.4 Å². The Morgan fingerprint density at radius 3 is 2.95 bits per heavy atom. The average Bonchev–Trinajstić information content (AvgIpc) is 2.48. The van der Waals surface area contributed by atoms with Crippen molar-refractivity contribution in [2.45, 2.75) is 39.2 Å². The van der Waals surface area contributed by atoms with Gasteiger partial charge >= 0.3 is 0 Å². The zero-order chi connectivity index (χ0) is 15.2. The molecule has 1 heterocycles. The summed E-state index contributed by atoms with van der Waals surface area (Å²) >= 11 is 5.99. The van der Waals surface area contributed by atoms with E-state index in [-0.39, 0.29) is 11.9 Å². The van der Waals surface area contributed by atoms with Gasteiger partial charge in [0.25, 0.3) is 0 Å². The number of hydrogen-bond donors (Lipinski definition) is 2. The number of halogens is 1. The summed E-state index contributed by atoms with van der Waals surface area (Å²) in [6, 6.07) is 7.65. The van der Waals surface area contributed by atoms with E-state index in [1.807, 2.05) is 31.2 Å². The number of carbonyl (C=O) groups is 1. The summed E-state index contributed by atoms with van der Waals surface area (Å²) in [5, 5.41) is 7.19. The van der Waals surface area contributed by atoms with Crippen LogP contribution >= 0.6 is 11.6 Å². The van der Waals surface area contributed by atoms with Crippen molar-refractivity contribution in [3.63, 3.8) is 0 Å². The number of nitrogens with one attached hydrogen (secondary N) is 2. The molecule has 0 bridgehead atoms. The minimum atomic E-state index is -0.00659. The molecule has 1 amide bonds. The van der Waals surface area contributed by atoms with Gasteiger partial charge in [-0.25, -0.2) is 0 Å². The molecule has 2 rings (SSSR count). The van der Waals surface area contributed by atoms with Crippen LogP contribution in [0, 0.1) is 11.8 Å². The van der Waals surface area contributed by atoms with Crippen LogP contribution in [0.4, 0.5) is 0 Å². The smallest absolute Gasteiger partial charge is 0.220 e. The summed E-state index contributed by atoms with van der Waals surface area (Å²) in [5.74, 6) is 1.16. The lowest BCUT2D eigenvalue weighted by molar-refractivity contribution is -0.123. The summed E-state index contributed by atoms with van der Waals surface area (Å²) < 4.78 is 0. The van der Waals surface area contributed by atoms with Gasteiger partial charge in [0.05, 0.1) is 6.04 Å². The molecular weight excluding hydrogens is 284 g/mol. The van der Waals surface area contributed by atoms with Gasteiger partial charge < -0.3 is 10.6 Å². The standard InChI is InChI=1S/C17H25ClN2O/c1-12(15-6-4-8-19-11-15)9-17(21)20-13(2)14-5-3-7-16(18)10-14/h3,5,7,10,12-13,15,19H,4,6,8-9,11H2,1-2H3,(H,20,21). The van der Waals surface area contributed by atoms with Gasteiger partial charge in [0.15, 0.2) is 0 Å². The number of amides is 1. The molecule has 3 nitrogen and oxygen atoms in total. The van der Waals surface area contributed by atoms with Gasteiger partial charge in [-0.3, -0.25) is 4.79 Å². The van der Waals surface area contributed by atoms with Gasteiger partial charge in [-0.1, -0.05) is 30.7 Å². The highest BCUT2D eigenvalue weighted by Gasteiger charge is 2.22. The Labute approximate surface area is 132 Å². The highest BCUT2D eigenvalue weighted by Crippen LogP contribution is 2.23. The van der Waals surface area contributed by atoms with E-state index in [2.05, 4.69) is 17.6 Å². The first-order chi connectivity index (χ1) is 10.1. The molecule has 3 atom stereocenters. The van der Waals surface area contributed by atoms with E-state index in [1.54, 1.807) is 0 Å². The highest BCUT2D eigenvalue weighted by molar-refractivity contribution is 6.30. The molecule has 1 aliphatic rings. The molecule has 2 N–H and O–H groups in total. The summed E-state index contributed by atoms with van der Waals surface area (Å²) in [5.41, 5.74) is 1.04. The van der Waals surface area contributed by atoms with Crippen molar-refractivity contribution in [3.05, 3.63) is 34.9 Å². The first-order valence-electron chi connectivity index (χ1n) is 7.82. The minimum Gasteiger partial charge on any atom is -0.350 e. The van der Waals surface area contributed by atoms with Crippen molar-refractivity contribution < 1.29 is 4.79 Å². The number of piperidine rings is 1. The zero-order valence-electron chi connectivity index (χ0n) is 12.9. The number of rotatable bonds is 5. The second kappa shape index (κ2) is 7.81. The zero-order valence-corrected chi connectivity index (χ0v) is 13.6. The third-order valence-electron chi connectivity index (χ3n) is 4.37. The largest absolute Gasteiger partial charge is 0.350 e. The lowest BCUT2D eigenvalue weighted by atomic mass is 9.85. The third-order valence-corrected chi connectivity index (χ3v) is 4.61. The predicted molar refractivity (Wildman–Crippen MR) is 87.4 cm³/mol. The number of benzene rings is 1. The van der Waals surface area contributed by atoms with Gasteiger partial charge in [0.1, 0.15) is 0 Å². The molecule has 3 unspecified atom stereocenters. The SMILES string of the molecule is CC(NC(=O)CC(C)C1CCCNC1)c1cccc(Cl)c1. The maximum Gasteiger partial charge on any atom is 0.220 e. The Balaban J connectivity index is 1.83. The van der Waals surface area contributed by atoms with E-state index in [0.717, 1.165) is 18.7 Å². The molecule has 0 aliphatic carbocycles. The van der Waals surface area contributed by atoms with Crippen molar-refractivity contribution in [1.82, 2.24) is 10.6 Å². The van der Waals surface area contributed by atoms with Crippen LogP contribution in [0.25, 0.3) is 0 Å². The fraction of sp³-hybridized carbons (Fsp3) is 0.588. The molecular formula is C17H25ClN2O. The topological polar surface area (TPSA) is 41.1 Å². The number of carbonyl (C=O) groups excluding carboxylic acids is 1. The number of hydrogen-bond acceptors (Lipinski definition) is 2. The maximum absolute atomic E-state index is 12.2. The Kier molecular flexibility index (Phi) is 6.07. The second-order valence-electron chi connectivity index (χ2n) is 6.13. The summed E-state index contributed by atoms with van der Waals surface area (Å²) in [6.07, 6.45) is 3.04. The van der Waals surface area contributed by atoms with Crippen molar-refractivity contribution >= 4 is 17.5 Å². The first-order valence-corrected chi connectivity index (χ1v) is 8.19. The van der Waals surface area contributed by atoms with E-state index in [4.69, 9.17) is 11.6 Å². The van der Waals surface area contributed by atoms with E-state index in [9.17, 15) is 4.79 Å². The summed E-state index contributed by atoms with van der Waals surface area (Å²) in [4.78, 5) is 12.2. The monoisotopic (exact) mass is 308 g/mol. The van der Waals surface area contributed by atoms with Crippen LogP contribution in [0.2, 0.25) is 5.02 Å². The van der Waals surface area contributed by atoms with Crippen molar-refractivity contribution in [3.8, 4) is 0 Å². The van der Waals surface area contributed by atoms with Crippen molar-refractivity contribution in [2.75, 3.05) is 13.1 Å². The summed E-state index contributed by atoms with van der Waals surface area (Å²) in [6.45, 7) is 6.33. The van der Waals surface area contributed by atoms with E-state index in [0.29, 0.717) is 23.3 Å². The van der Waals surface area contributed by atoms with Gasteiger partial charge in [0, 0.05) is 11.4 Å². The predicted octanol–water partition coefficient (Wildman–Crippen LogP) is 3.54. The van der Waals surface area contributed by atoms with Gasteiger partial charge in [-0.2, -0.15) is 0 Å². The first kappa shape index (κ1) is 16.3. The molecule has 1 aliphatic heterocycles. The minimum absolute atomic E-state index is 0.00659. The molecule has 0 aromatic heterocycles. The molecule has 21 heavy (non-hydrogen) atoms. The molecule has 116 valence electrons. The quantitative estimate of drug-likeness (QED) is 0.873. The molecule has 0 spiro atoms. The molecule has 1 aromatic carbocycles. The Hall–Kier alpha value is -1.06. The van der Waals surface area contributed by atoms with Crippen molar-refractivity contribution in [1.29, 1.82) is 0 Å². The average molecular weight is 309 g/mol.